The smallest absolute Gasteiger partial charge is 0.243 e. The van der Waals surface area contributed by atoms with Gasteiger partial charge in [-0.25, -0.2) is 8.42 Å². The van der Waals surface area contributed by atoms with Gasteiger partial charge in [0.15, 0.2) is 0 Å². The third-order valence-electron chi connectivity index (χ3n) is 2.85. The topological polar surface area (TPSA) is 63.4 Å². The van der Waals surface area contributed by atoms with Crippen molar-refractivity contribution in [1.82, 2.24) is 4.31 Å². The molecular weight excluding hydrogens is 236 g/mol. The van der Waals surface area contributed by atoms with Crippen LogP contribution in [-0.4, -0.2) is 25.8 Å². The van der Waals surface area contributed by atoms with Crippen LogP contribution >= 0.6 is 0 Å². The number of aryl methyl sites for hydroxylation is 1. The molecule has 1 aliphatic heterocycles. The Balaban J connectivity index is 2.44. The molecule has 1 aromatic carbocycles. The minimum absolute atomic E-state index is 0.313. The normalized spacial score (nSPS) is 17.2. The van der Waals surface area contributed by atoms with Crippen LogP contribution < -0.4 is 5.73 Å². The summed E-state index contributed by atoms with van der Waals surface area (Å²) < 4.78 is 26.3. The molecule has 0 amide bonds. The number of anilines is 1. The van der Waals surface area contributed by atoms with Crippen molar-refractivity contribution < 1.29 is 8.42 Å². The molecule has 0 aliphatic carbocycles. The summed E-state index contributed by atoms with van der Waals surface area (Å²) in [6.45, 7) is 2.76. The first-order valence-electron chi connectivity index (χ1n) is 5.53. The molecule has 5 heteroatoms. The zero-order chi connectivity index (χ0) is 12.5. The standard InChI is InChI=1S/C12H16N2O2S/c1-10-5-6-11(13)9-12(10)17(15,16)14-7-3-2-4-8-14/h2-3,5-6,9H,4,7-8,13H2,1H3. The lowest BCUT2D eigenvalue weighted by molar-refractivity contribution is 0.437. The van der Waals surface area contributed by atoms with Gasteiger partial charge in [-0.15, -0.1) is 0 Å². The van der Waals surface area contributed by atoms with Gasteiger partial charge in [0, 0.05) is 18.8 Å². The summed E-state index contributed by atoms with van der Waals surface area (Å²) in [5, 5.41) is 0. The highest BCUT2D eigenvalue weighted by Gasteiger charge is 2.25. The molecule has 17 heavy (non-hydrogen) atoms. The molecule has 0 saturated carbocycles. The quantitative estimate of drug-likeness (QED) is 0.641. The second-order valence-electron chi connectivity index (χ2n) is 4.15. The minimum atomic E-state index is -3.41. The number of benzene rings is 1. The van der Waals surface area contributed by atoms with E-state index in [0.29, 0.717) is 23.7 Å². The van der Waals surface area contributed by atoms with E-state index in [0.717, 1.165) is 12.0 Å². The molecule has 1 aromatic rings. The van der Waals surface area contributed by atoms with Crippen LogP contribution in [0.25, 0.3) is 0 Å². The molecule has 92 valence electrons. The van der Waals surface area contributed by atoms with E-state index in [9.17, 15) is 8.42 Å². The maximum atomic E-state index is 12.4. The maximum absolute atomic E-state index is 12.4. The summed E-state index contributed by atoms with van der Waals surface area (Å²) >= 11 is 0. The fraction of sp³-hybridized carbons (Fsp3) is 0.333. The number of rotatable bonds is 2. The Morgan fingerprint density at radius 3 is 2.71 bits per heavy atom. The minimum Gasteiger partial charge on any atom is -0.399 e. The van der Waals surface area contributed by atoms with Crippen LogP contribution in [-0.2, 0) is 10.0 Å². The second kappa shape index (κ2) is 4.50. The molecule has 0 fully saturated rings. The fourth-order valence-electron chi connectivity index (χ4n) is 1.87. The largest absolute Gasteiger partial charge is 0.399 e. The molecular formula is C12H16N2O2S. The number of sulfonamides is 1. The van der Waals surface area contributed by atoms with E-state index in [-0.39, 0.29) is 0 Å². The number of nitrogens with two attached hydrogens (primary N) is 1. The monoisotopic (exact) mass is 252 g/mol. The Labute approximate surface area is 102 Å². The van der Waals surface area contributed by atoms with Crippen molar-refractivity contribution in [3.05, 3.63) is 35.9 Å². The third kappa shape index (κ3) is 2.35. The van der Waals surface area contributed by atoms with Crippen molar-refractivity contribution in [1.29, 1.82) is 0 Å². The molecule has 2 N–H and O–H groups in total. The molecule has 0 saturated heterocycles. The van der Waals surface area contributed by atoms with E-state index in [1.807, 2.05) is 12.2 Å². The van der Waals surface area contributed by atoms with Crippen molar-refractivity contribution in [2.45, 2.75) is 18.2 Å². The molecule has 0 bridgehead atoms. The highest BCUT2D eigenvalue weighted by Crippen LogP contribution is 2.23. The Kier molecular flexibility index (Phi) is 3.22. The molecule has 1 heterocycles. The van der Waals surface area contributed by atoms with Gasteiger partial charge in [-0.2, -0.15) is 4.31 Å². The van der Waals surface area contributed by atoms with Crippen molar-refractivity contribution in [2.75, 3.05) is 18.8 Å². The van der Waals surface area contributed by atoms with Gasteiger partial charge in [-0.1, -0.05) is 18.2 Å². The zero-order valence-corrected chi connectivity index (χ0v) is 10.6. The fourth-order valence-corrected chi connectivity index (χ4v) is 3.54. The Morgan fingerprint density at radius 1 is 1.29 bits per heavy atom. The van der Waals surface area contributed by atoms with Gasteiger partial charge < -0.3 is 5.73 Å². The average Bonchev–Trinajstić information content (AvgIpc) is 2.33. The predicted molar refractivity (Wildman–Crippen MR) is 68.1 cm³/mol. The molecule has 0 atom stereocenters. The molecule has 1 aliphatic rings. The van der Waals surface area contributed by atoms with Crippen molar-refractivity contribution in [3.8, 4) is 0 Å². The highest BCUT2D eigenvalue weighted by atomic mass is 32.2. The first kappa shape index (κ1) is 12.1. The van der Waals surface area contributed by atoms with Gasteiger partial charge in [0.1, 0.15) is 0 Å². The van der Waals surface area contributed by atoms with E-state index >= 15 is 0 Å². The Bertz CT molecular complexity index is 550. The maximum Gasteiger partial charge on any atom is 0.243 e. The third-order valence-corrected chi connectivity index (χ3v) is 4.86. The SMILES string of the molecule is Cc1ccc(N)cc1S(=O)(=O)N1CC=CCC1. The summed E-state index contributed by atoms with van der Waals surface area (Å²) in [6, 6.07) is 4.98. The lowest BCUT2D eigenvalue weighted by Crippen LogP contribution is -2.34. The summed E-state index contributed by atoms with van der Waals surface area (Å²) in [5.74, 6) is 0. The summed E-state index contributed by atoms with van der Waals surface area (Å²) in [6.07, 6.45) is 4.64. The van der Waals surface area contributed by atoms with Gasteiger partial charge in [0.2, 0.25) is 10.0 Å². The Morgan fingerprint density at radius 2 is 2.06 bits per heavy atom. The van der Waals surface area contributed by atoms with E-state index in [1.54, 1.807) is 19.1 Å². The predicted octanol–water partition coefficient (Wildman–Crippen LogP) is 1.53. The molecule has 0 spiro atoms. The van der Waals surface area contributed by atoms with Crippen molar-refractivity contribution in [3.63, 3.8) is 0 Å². The van der Waals surface area contributed by atoms with E-state index in [2.05, 4.69) is 0 Å². The van der Waals surface area contributed by atoms with Crippen LogP contribution in [0, 0.1) is 6.92 Å². The molecule has 0 aromatic heterocycles. The average molecular weight is 252 g/mol. The molecule has 4 nitrogen and oxygen atoms in total. The molecule has 2 rings (SSSR count). The van der Waals surface area contributed by atoms with E-state index in [1.165, 1.54) is 10.4 Å². The number of hydrogen-bond acceptors (Lipinski definition) is 3. The number of hydrogen-bond donors (Lipinski definition) is 1. The van der Waals surface area contributed by atoms with Crippen LogP contribution in [0.2, 0.25) is 0 Å². The van der Waals surface area contributed by atoms with E-state index in [4.69, 9.17) is 5.73 Å². The van der Waals surface area contributed by atoms with Gasteiger partial charge in [-0.3, -0.25) is 0 Å². The van der Waals surface area contributed by atoms with Gasteiger partial charge in [0.25, 0.3) is 0 Å². The molecule has 0 radical (unpaired) electrons. The molecule has 0 unspecified atom stereocenters. The van der Waals surface area contributed by atoms with Crippen LogP contribution in [0.1, 0.15) is 12.0 Å². The van der Waals surface area contributed by atoms with Crippen molar-refractivity contribution in [2.24, 2.45) is 0 Å². The van der Waals surface area contributed by atoms with Crippen LogP contribution in [0.4, 0.5) is 5.69 Å². The zero-order valence-electron chi connectivity index (χ0n) is 9.76. The summed E-state index contributed by atoms with van der Waals surface area (Å²) in [7, 11) is -3.41. The van der Waals surface area contributed by atoms with Crippen molar-refractivity contribution >= 4 is 15.7 Å². The number of nitrogens with zero attached hydrogens (tertiary/aromatic N) is 1. The second-order valence-corrected chi connectivity index (χ2v) is 6.05. The highest BCUT2D eigenvalue weighted by molar-refractivity contribution is 7.89. The van der Waals surface area contributed by atoms with Gasteiger partial charge in [0.05, 0.1) is 4.90 Å². The van der Waals surface area contributed by atoms with Crippen LogP contribution in [0.15, 0.2) is 35.2 Å². The van der Waals surface area contributed by atoms with Gasteiger partial charge in [-0.05, 0) is 31.0 Å². The number of nitrogen functional groups attached to an aromatic ring is 1. The summed E-state index contributed by atoms with van der Waals surface area (Å²) in [4.78, 5) is 0.313. The van der Waals surface area contributed by atoms with Crippen LogP contribution in [0.5, 0.6) is 0 Å². The summed E-state index contributed by atoms with van der Waals surface area (Å²) in [5.41, 5.74) is 6.86. The lowest BCUT2D eigenvalue weighted by Gasteiger charge is -2.23. The van der Waals surface area contributed by atoms with Gasteiger partial charge >= 0.3 is 0 Å². The van der Waals surface area contributed by atoms with E-state index < -0.39 is 10.0 Å². The first-order chi connectivity index (χ1) is 8.01. The lowest BCUT2D eigenvalue weighted by atomic mass is 10.2. The first-order valence-corrected chi connectivity index (χ1v) is 6.97. The van der Waals surface area contributed by atoms with Crippen LogP contribution in [0.3, 0.4) is 0 Å². The Hall–Kier alpha value is -1.33.